The van der Waals surface area contributed by atoms with Gasteiger partial charge in [0.05, 0.1) is 6.04 Å². The van der Waals surface area contributed by atoms with E-state index in [-0.39, 0.29) is 11.5 Å². The van der Waals surface area contributed by atoms with Gasteiger partial charge in [-0.1, -0.05) is 6.07 Å². The van der Waals surface area contributed by atoms with E-state index in [1.54, 1.807) is 12.1 Å². The summed E-state index contributed by atoms with van der Waals surface area (Å²) >= 11 is 0. The Hall–Kier alpha value is -1.35. The molecule has 1 aliphatic rings. The fraction of sp³-hybridized carbons (Fsp3) is 0.300. The summed E-state index contributed by atoms with van der Waals surface area (Å²) in [5.41, 5.74) is 7.55. The standard InChI is InChI=1S/C10H11NO2/c11-10-8-5-7(12)3-1-6(8)2-4-9(10)13/h1,3,5,10,12H,2,4,11H2. The Morgan fingerprint density at radius 3 is 2.92 bits per heavy atom. The highest BCUT2D eigenvalue weighted by molar-refractivity contribution is 5.87. The predicted molar refractivity (Wildman–Crippen MR) is 48.4 cm³/mol. The van der Waals surface area contributed by atoms with Gasteiger partial charge in [-0.05, 0) is 29.7 Å². The number of carbonyl (C=O) groups is 1. The van der Waals surface area contributed by atoms with E-state index < -0.39 is 6.04 Å². The van der Waals surface area contributed by atoms with E-state index in [2.05, 4.69) is 0 Å². The van der Waals surface area contributed by atoms with Gasteiger partial charge in [-0.2, -0.15) is 0 Å². The lowest BCUT2D eigenvalue weighted by atomic mass is 9.87. The van der Waals surface area contributed by atoms with Crippen LogP contribution in [0.15, 0.2) is 18.2 Å². The quantitative estimate of drug-likeness (QED) is 0.619. The highest BCUT2D eigenvalue weighted by atomic mass is 16.3. The molecular formula is C10H11NO2. The molecular weight excluding hydrogens is 166 g/mol. The van der Waals surface area contributed by atoms with Crippen LogP contribution in [0.25, 0.3) is 0 Å². The monoisotopic (exact) mass is 177 g/mol. The van der Waals surface area contributed by atoms with Crippen LogP contribution in [0.2, 0.25) is 0 Å². The molecule has 0 saturated heterocycles. The lowest BCUT2D eigenvalue weighted by Crippen LogP contribution is -2.26. The van der Waals surface area contributed by atoms with E-state index >= 15 is 0 Å². The maximum absolute atomic E-state index is 11.3. The number of phenols is 1. The average Bonchev–Trinajstić information content (AvgIpc) is 2.12. The topological polar surface area (TPSA) is 63.3 Å². The molecule has 0 fully saturated rings. The average molecular weight is 177 g/mol. The molecule has 1 aromatic rings. The summed E-state index contributed by atoms with van der Waals surface area (Å²) in [7, 11) is 0. The minimum Gasteiger partial charge on any atom is -0.508 e. The van der Waals surface area contributed by atoms with Crippen LogP contribution in [-0.4, -0.2) is 10.9 Å². The third-order valence-corrected chi connectivity index (χ3v) is 2.45. The number of hydrogen-bond acceptors (Lipinski definition) is 3. The molecule has 0 amide bonds. The number of fused-ring (bicyclic) bond motifs is 1. The summed E-state index contributed by atoms with van der Waals surface area (Å²) in [4.78, 5) is 11.3. The summed E-state index contributed by atoms with van der Waals surface area (Å²) < 4.78 is 0. The molecule has 3 nitrogen and oxygen atoms in total. The normalized spacial score (nSPS) is 21.3. The van der Waals surface area contributed by atoms with Crippen molar-refractivity contribution in [2.24, 2.45) is 5.73 Å². The van der Waals surface area contributed by atoms with Crippen molar-refractivity contribution >= 4 is 5.78 Å². The minimum atomic E-state index is -0.546. The lowest BCUT2D eigenvalue weighted by Gasteiger charge is -2.20. The molecule has 1 atom stereocenters. The second kappa shape index (κ2) is 2.85. The van der Waals surface area contributed by atoms with Crippen LogP contribution in [0.5, 0.6) is 5.75 Å². The molecule has 0 radical (unpaired) electrons. The summed E-state index contributed by atoms with van der Waals surface area (Å²) in [5, 5.41) is 9.23. The first-order valence-electron chi connectivity index (χ1n) is 4.28. The van der Waals surface area contributed by atoms with Crippen LogP contribution in [0.1, 0.15) is 23.6 Å². The Labute approximate surface area is 76.2 Å². The Morgan fingerprint density at radius 1 is 1.38 bits per heavy atom. The second-order valence-electron chi connectivity index (χ2n) is 3.33. The van der Waals surface area contributed by atoms with Crippen LogP contribution in [0.3, 0.4) is 0 Å². The van der Waals surface area contributed by atoms with Gasteiger partial charge in [-0.15, -0.1) is 0 Å². The number of benzene rings is 1. The zero-order valence-electron chi connectivity index (χ0n) is 7.16. The zero-order chi connectivity index (χ0) is 9.42. The smallest absolute Gasteiger partial charge is 0.154 e. The third-order valence-electron chi connectivity index (χ3n) is 2.45. The van der Waals surface area contributed by atoms with Crippen molar-refractivity contribution in [1.29, 1.82) is 0 Å². The lowest BCUT2D eigenvalue weighted by molar-refractivity contribution is -0.120. The predicted octanol–water partition coefficient (Wildman–Crippen LogP) is 0.907. The number of carbonyl (C=O) groups excluding carboxylic acids is 1. The van der Waals surface area contributed by atoms with Gasteiger partial charge in [0.25, 0.3) is 0 Å². The third kappa shape index (κ3) is 1.31. The van der Waals surface area contributed by atoms with E-state index in [9.17, 15) is 9.90 Å². The van der Waals surface area contributed by atoms with Crippen LogP contribution >= 0.6 is 0 Å². The van der Waals surface area contributed by atoms with E-state index in [0.29, 0.717) is 6.42 Å². The van der Waals surface area contributed by atoms with Crippen LogP contribution in [0, 0.1) is 0 Å². The number of Topliss-reactive ketones (excluding diaryl/α,β-unsaturated/α-hetero) is 1. The molecule has 1 aliphatic carbocycles. The molecule has 2 rings (SSSR count). The van der Waals surface area contributed by atoms with Crippen molar-refractivity contribution in [3.63, 3.8) is 0 Å². The Kier molecular flexibility index (Phi) is 1.81. The molecule has 3 N–H and O–H groups in total. The van der Waals surface area contributed by atoms with Crippen molar-refractivity contribution in [1.82, 2.24) is 0 Å². The largest absolute Gasteiger partial charge is 0.508 e. The Bertz CT molecular complexity index is 360. The molecule has 68 valence electrons. The number of nitrogens with two attached hydrogens (primary N) is 1. The van der Waals surface area contributed by atoms with Crippen molar-refractivity contribution in [2.75, 3.05) is 0 Å². The number of aromatic hydroxyl groups is 1. The maximum Gasteiger partial charge on any atom is 0.154 e. The van der Waals surface area contributed by atoms with Crippen molar-refractivity contribution in [2.45, 2.75) is 18.9 Å². The molecule has 0 bridgehead atoms. The molecule has 0 heterocycles. The van der Waals surface area contributed by atoms with Crippen molar-refractivity contribution < 1.29 is 9.90 Å². The number of hydrogen-bond donors (Lipinski definition) is 2. The van der Waals surface area contributed by atoms with Gasteiger partial charge in [0, 0.05) is 6.42 Å². The summed E-state index contributed by atoms with van der Waals surface area (Å²) in [6, 6.07) is 4.49. The first-order valence-corrected chi connectivity index (χ1v) is 4.28. The van der Waals surface area contributed by atoms with Crippen molar-refractivity contribution in [3.8, 4) is 5.75 Å². The van der Waals surface area contributed by atoms with E-state index in [4.69, 9.17) is 5.73 Å². The van der Waals surface area contributed by atoms with Gasteiger partial charge in [0.15, 0.2) is 5.78 Å². The Morgan fingerprint density at radius 2 is 2.15 bits per heavy atom. The van der Waals surface area contributed by atoms with Gasteiger partial charge in [-0.3, -0.25) is 4.79 Å². The first kappa shape index (κ1) is 8.26. The highest BCUT2D eigenvalue weighted by Crippen LogP contribution is 2.28. The summed E-state index contributed by atoms with van der Waals surface area (Å²) in [6.07, 6.45) is 1.25. The van der Waals surface area contributed by atoms with Gasteiger partial charge >= 0.3 is 0 Å². The number of phenolic OH excluding ortho intramolecular Hbond substituents is 1. The van der Waals surface area contributed by atoms with Gasteiger partial charge in [0.1, 0.15) is 5.75 Å². The number of rotatable bonds is 0. The minimum absolute atomic E-state index is 0.0538. The molecule has 3 heteroatoms. The molecule has 13 heavy (non-hydrogen) atoms. The van der Waals surface area contributed by atoms with E-state index in [1.165, 1.54) is 0 Å². The van der Waals surface area contributed by atoms with Crippen LogP contribution in [0.4, 0.5) is 0 Å². The molecule has 0 aliphatic heterocycles. The second-order valence-corrected chi connectivity index (χ2v) is 3.33. The van der Waals surface area contributed by atoms with E-state index in [1.807, 2.05) is 6.07 Å². The van der Waals surface area contributed by atoms with Crippen molar-refractivity contribution in [3.05, 3.63) is 29.3 Å². The zero-order valence-corrected chi connectivity index (χ0v) is 7.16. The fourth-order valence-electron chi connectivity index (χ4n) is 1.69. The molecule has 1 aromatic carbocycles. The van der Waals surface area contributed by atoms with Crippen LogP contribution in [-0.2, 0) is 11.2 Å². The summed E-state index contributed by atoms with van der Waals surface area (Å²) in [5.74, 6) is 0.224. The number of aryl methyl sites for hydroxylation is 1. The molecule has 0 saturated carbocycles. The SMILES string of the molecule is NC1C(=O)CCc2ccc(O)cc21. The van der Waals surface area contributed by atoms with Gasteiger partial charge in [0.2, 0.25) is 0 Å². The summed E-state index contributed by atoms with van der Waals surface area (Å²) in [6.45, 7) is 0. The van der Waals surface area contributed by atoms with Gasteiger partial charge in [-0.25, -0.2) is 0 Å². The first-order chi connectivity index (χ1) is 6.18. The Balaban J connectivity index is 2.51. The molecule has 1 unspecified atom stereocenters. The highest BCUT2D eigenvalue weighted by Gasteiger charge is 2.24. The molecule has 0 aromatic heterocycles. The maximum atomic E-state index is 11.3. The van der Waals surface area contributed by atoms with Gasteiger partial charge < -0.3 is 10.8 Å². The van der Waals surface area contributed by atoms with Crippen LogP contribution < -0.4 is 5.73 Å². The number of ketones is 1. The fourth-order valence-corrected chi connectivity index (χ4v) is 1.69. The van der Waals surface area contributed by atoms with E-state index in [0.717, 1.165) is 17.5 Å². The molecule has 0 spiro atoms.